The Balaban J connectivity index is 3.58. The van der Waals surface area contributed by atoms with E-state index < -0.39 is 0 Å². The summed E-state index contributed by atoms with van der Waals surface area (Å²) in [6, 6.07) is 7.67. The molecule has 0 heterocycles. The molecule has 28 heavy (non-hydrogen) atoms. The first-order chi connectivity index (χ1) is 12.6. The first-order valence-corrected chi connectivity index (χ1v) is 10.2. The van der Waals surface area contributed by atoms with Crippen molar-refractivity contribution in [2.75, 3.05) is 0 Å². The molecule has 0 saturated heterocycles. The number of benzene rings is 1. The van der Waals surface area contributed by atoms with Gasteiger partial charge in [0, 0.05) is 6.08 Å². The van der Waals surface area contributed by atoms with E-state index in [9.17, 15) is 9.70 Å². The Labute approximate surface area is 172 Å². The van der Waals surface area contributed by atoms with Crippen LogP contribution >= 0.6 is 0 Å². The molecule has 1 aromatic rings. The van der Waals surface area contributed by atoms with Crippen LogP contribution in [0.4, 0.5) is 5.69 Å². The summed E-state index contributed by atoms with van der Waals surface area (Å²) in [5, 5.41) is 3.04. The lowest BCUT2D eigenvalue weighted by atomic mass is 9.49. The molecule has 3 heteroatoms. The largest absolute Gasteiger partial charge is 0.234 e. The van der Waals surface area contributed by atoms with E-state index in [0.717, 1.165) is 6.42 Å². The van der Waals surface area contributed by atoms with Crippen LogP contribution < -0.4 is 0 Å². The van der Waals surface area contributed by atoms with Gasteiger partial charge in [0.25, 0.3) is 0 Å². The second-order valence-electron chi connectivity index (χ2n) is 11.6. The van der Waals surface area contributed by atoms with Crippen LogP contribution in [0.3, 0.4) is 0 Å². The lowest BCUT2D eigenvalue weighted by Crippen LogP contribution is -2.47. The topological polar surface area (TPSA) is 46.5 Å². The van der Waals surface area contributed by atoms with Gasteiger partial charge in [-0.25, -0.2) is 4.79 Å². The van der Waals surface area contributed by atoms with Gasteiger partial charge in [-0.2, -0.15) is 0 Å². The van der Waals surface area contributed by atoms with Crippen molar-refractivity contribution in [2.24, 2.45) is 32.8 Å². The molecule has 2 unspecified atom stereocenters. The molecule has 1 rings (SSSR count). The molecule has 0 spiro atoms. The molecule has 0 aliphatic heterocycles. The van der Waals surface area contributed by atoms with Gasteiger partial charge >= 0.3 is 0 Å². The van der Waals surface area contributed by atoms with Gasteiger partial charge in [0.15, 0.2) is 0 Å². The van der Waals surface area contributed by atoms with Crippen LogP contribution in [0.15, 0.2) is 35.5 Å². The van der Waals surface area contributed by atoms with E-state index in [1.54, 1.807) is 18.2 Å². The summed E-state index contributed by atoms with van der Waals surface area (Å²) >= 11 is 0. The molecule has 0 radical (unpaired) electrons. The van der Waals surface area contributed by atoms with Crippen molar-refractivity contribution in [1.29, 1.82) is 0 Å². The highest BCUT2D eigenvalue weighted by Gasteiger charge is 2.51. The molecule has 2 atom stereocenters. The lowest BCUT2D eigenvalue weighted by molar-refractivity contribution is -0.0189. The molecule has 0 aliphatic carbocycles. The predicted octanol–water partition coefficient (Wildman–Crippen LogP) is 7.71. The average molecular weight is 386 g/mol. The van der Waals surface area contributed by atoms with Gasteiger partial charge in [0.1, 0.15) is 11.6 Å². The maximum atomic E-state index is 11.4. The summed E-state index contributed by atoms with van der Waals surface area (Å²) < 4.78 is 0. The fourth-order valence-corrected chi connectivity index (χ4v) is 4.63. The number of nitrogens with zero attached hydrogens (tertiary/aromatic N) is 1. The lowest BCUT2D eigenvalue weighted by Gasteiger charge is -2.54. The van der Waals surface area contributed by atoms with Crippen molar-refractivity contribution in [3.05, 3.63) is 40.8 Å². The second kappa shape index (κ2) is 8.33. The van der Waals surface area contributed by atoms with Crippen molar-refractivity contribution < 1.29 is 4.79 Å². The van der Waals surface area contributed by atoms with E-state index in [0.29, 0.717) is 5.69 Å². The van der Waals surface area contributed by atoms with Crippen molar-refractivity contribution in [2.45, 2.75) is 81.6 Å². The molecular formula is C25H39NO2. The predicted molar refractivity (Wildman–Crippen MR) is 119 cm³/mol. The van der Waals surface area contributed by atoms with Crippen LogP contribution in [-0.2, 0) is 4.79 Å². The molecular weight excluding hydrogens is 346 g/mol. The van der Waals surface area contributed by atoms with Crippen molar-refractivity contribution >= 4 is 11.6 Å². The van der Waals surface area contributed by atoms with E-state index in [2.05, 4.69) is 80.4 Å². The van der Waals surface area contributed by atoms with Gasteiger partial charge in [0.05, 0.1) is 0 Å². The zero-order chi connectivity index (χ0) is 22.0. The SMILES string of the molecule is CC(C)(C)CC(c1ccc(N=O)cc1)C(C)(C)C(C)(C)C(C=C=O)C(C)(C)C. The highest BCUT2D eigenvalue weighted by atomic mass is 16.3. The van der Waals surface area contributed by atoms with Gasteiger partial charge in [-0.15, -0.1) is 4.91 Å². The van der Waals surface area contributed by atoms with Crippen LogP contribution in [0.2, 0.25) is 0 Å². The standard InChI is InChI=1S/C25H39NO2/c1-22(2,3)17-20(18-11-13-19(26-28)14-12-18)24(7,8)25(9,10)21(15-16-27)23(4,5)6/h11-15,20-21H,17H2,1-10H3. The molecule has 156 valence electrons. The van der Waals surface area contributed by atoms with Gasteiger partial charge in [-0.05, 0) is 62.8 Å². The highest BCUT2D eigenvalue weighted by molar-refractivity contribution is 5.46. The van der Waals surface area contributed by atoms with Gasteiger partial charge in [-0.1, -0.05) is 81.4 Å². The van der Waals surface area contributed by atoms with Gasteiger partial charge < -0.3 is 0 Å². The minimum Gasteiger partial charge on any atom is -0.234 e. The molecule has 0 aromatic heterocycles. The summed E-state index contributed by atoms with van der Waals surface area (Å²) in [6.45, 7) is 22.5. The number of allylic oxidation sites excluding steroid dienone is 1. The van der Waals surface area contributed by atoms with E-state index >= 15 is 0 Å². The molecule has 0 N–H and O–H groups in total. The smallest absolute Gasteiger partial charge is 0.120 e. The van der Waals surface area contributed by atoms with Crippen molar-refractivity contribution in [3.63, 3.8) is 0 Å². The summed E-state index contributed by atoms with van der Waals surface area (Å²) in [6.07, 6.45) is 2.72. The average Bonchev–Trinajstić information content (AvgIpc) is 2.55. The highest BCUT2D eigenvalue weighted by Crippen LogP contribution is 2.59. The second-order valence-corrected chi connectivity index (χ2v) is 11.6. The van der Waals surface area contributed by atoms with Crippen molar-refractivity contribution in [3.8, 4) is 0 Å². The number of rotatable bonds is 7. The number of nitroso groups, excluding NO2 is 1. The maximum Gasteiger partial charge on any atom is 0.120 e. The minimum absolute atomic E-state index is 0.0598. The van der Waals surface area contributed by atoms with E-state index in [4.69, 9.17) is 0 Å². The van der Waals surface area contributed by atoms with Crippen LogP contribution in [0.25, 0.3) is 0 Å². The maximum absolute atomic E-state index is 11.4. The summed E-state index contributed by atoms with van der Waals surface area (Å²) in [4.78, 5) is 22.2. The molecule has 0 amide bonds. The fourth-order valence-electron chi connectivity index (χ4n) is 4.63. The van der Waals surface area contributed by atoms with Crippen LogP contribution in [0.1, 0.15) is 87.1 Å². The summed E-state index contributed by atoms with van der Waals surface area (Å²) in [5.41, 5.74) is 1.45. The Morgan fingerprint density at radius 1 is 0.893 bits per heavy atom. The zero-order valence-electron chi connectivity index (χ0n) is 19.5. The monoisotopic (exact) mass is 385 g/mol. The van der Waals surface area contributed by atoms with Gasteiger partial charge in [-0.3, -0.25) is 0 Å². The van der Waals surface area contributed by atoms with Crippen molar-refractivity contribution in [1.82, 2.24) is 0 Å². The Bertz CT molecular complexity index is 708. The third-order valence-electron chi connectivity index (χ3n) is 6.69. The third-order valence-corrected chi connectivity index (χ3v) is 6.69. The molecule has 3 nitrogen and oxygen atoms in total. The Hall–Kier alpha value is -1.73. The van der Waals surface area contributed by atoms with E-state index in [1.807, 2.05) is 12.1 Å². The van der Waals surface area contributed by atoms with Gasteiger partial charge in [0.2, 0.25) is 0 Å². The normalized spacial score (nSPS) is 15.5. The first kappa shape index (κ1) is 24.3. The Kier molecular flexibility index (Phi) is 7.23. The molecule has 0 fully saturated rings. The van der Waals surface area contributed by atoms with Crippen LogP contribution in [0, 0.1) is 32.5 Å². The molecule has 0 aliphatic rings. The third kappa shape index (κ3) is 5.41. The first-order valence-electron chi connectivity index (χ1n) is 10.2. The van der Waals surface area contributed by atoms with E-state index in [-0.39, 0.29) is 33.5 Å². The molecule has 0 bridgehead atoms. The Morgan fingerprint density at radius 3 is 1.75 bits per heavy atom. The van der Waals surface area contributed by atoms with Crippen LogP contribution in [0.5, 0.6) is 0 Å². The fraction of sp³-hybridized carbons (Fsp3) is 0.680. The molecule has 0 saturated carbocycles. The molecule has 1 aromatic carbocycles. The quantitative estimate of drug-likeness (QED) is 0.356. The zero-order valence-corrected chi connectivity index (χ0v) is 19.5. The number of hydrogen-bond donors (Lipinski definition) is 0. The van der Waals surface area contributed by atoms with Crippen LogP contribution in [-0.4, -0.2) is 5.94 Å². The number of hydrogen-bond acceptors (Lipinski definition) is 3. The van der Waals surface area contributed by atoms with E-state index in [1.165, 1.54) is 5.56 Å². The minimum atomic E-state index is -0.167. The summed E-state index contributed by atoms with van der Waals surface area (Å²) in [5.74, 6) is 2.40. The summed E-state index contributed by atoms with van der Waals surface area (Å²) in [7, 11) is 0. The number of carbonyl (C=O) groups excluding carboxylic acids is 1. The Morgan fingerprint density at radius 2 is 1.39 bits per heavy atom.